The fourth-order valence-corrected chi connectivity index (χ4v) is 3.40. The van der Waals surface area contributed by atoms with Gasteiger partial charge >= 0.3 is 0 Å². The van der Waals surface area contributed by atoms with Gasteiger partial charge in [0.2, 0.25) is 0 Å². The number of aliphatic hydroxyl groups is 1. The molecule has 2 nitrogen and oxygen atoms in total. The Morgan fingerprint density at radius 2 is 1.48 bits per heavy atom. The summed E-state index contributed by atoms with van der Waals surface area (Å²) in [4.78, 5) is 0. The Morgan fingerprint density at radius 1 is 0.840 bits per heavy atom. The summed E-state index contributed by atoms with van der Waals surface area (Å²) in [5.41, 5.74) is 3.42. The number of aliphatic hydroxyl groups excluding tert-OH is 1. The van der Waals surface area contributed by atoms with Crippen LogP contribution in [0.4, 0.5) is 0 Å². The first-order valence-electron chi connectivity index (χ1n) is 8.50. The van der Waals surface area contributed by atoms with Crippen molar-refractivity contribution in [3.05, 3.63) is 113 Å². The third kappa shape index (κ3) is 3.14. The van der Waals surface area contributed by atoms with E-state index >= 15 is 0 Å². The van der Waals surface area contributed by atoms with E-state index in [2.05, 4.69) is 42.5 Å². The van der Waals surface area contributed by atoms with E-state index in [1.165, 1.54) is 0 Å². The number of ether oxygens (including phenoxy) is 1. The minimum Gasteiger partial charge on any atom is -0.364 e. The summed E-state index contributed by atoms with van der Waals surface area (Å²) in [6.07, 6.45) is 3.88. The van der Waals surface area contributed by atoms with Gasteiger partial charge in [-0.25, -0.2) is 0 Å². The van der Waals surface area contributed by atoms with Crippen LogP contribution in [0, 0.1) is 0 Å². The molecular formula is C23H20O2. The molecule has 1 aliphatic rings. The summed E-state index contributed by atoms with van der Waals surface area (Å²) in [6.45, 7) is 0. The normalized spacial score (nSPS) is 22.7. The second-order valence-corrected chi connectivity index (χ2v) is 6.35. The second-order valence-electron chi connectivity index (χ2n) is 6.35. The third-order valence-electron chi connectivity index (χ3n) is 4.70. The highest BCUT2D eigenvalue weighted by Gasteiger charge is 2.38. The van der Waals surface area contributed by atoms with Gasteiger partial charge in [-0.15, -0.1) is 0 Å². The Bertz CT molecular complexity index is 871. The molecule has 0 fully saturated rings. The van der Waals surface area contributed by atoms with Crippen molar-refractivity contribution in [2.45, 2.75) is 18.3 Å². The van der Waals surface area contributed by atoms with E-state index in [9.17, 15) is 5.11 Å². The number of hydrogen-bond donors (Lipinski definition) is 1. The predicted octanol–water partition coefficient (Wildman–Crippen LogP) is 4.86. The largest absolute Gasteiger partial charge is 0.364 e. The lowest BCUT2D eigenvalue weighted by Crippen LogP contribution is -2.36. The first-order valence-corrected chi connectivity index (χ1v) is 8.50. The van der Waals surface area contributed by atoms with Gasteiger partial charge in [0, 0.05) is 12.0 Å². The van der Waals surface area contributed by atoms with Crippen LogP contribution in [0.15, 0.2) is 91.0 Å². The first-order chi connectivity index (χ1) is 12.3. The molecule has 3 aromatic rings. The molecule has 1 aliphatic heterocycles. The van der Waals surface area contributed by atoms with Gasteiger partial charge in [0.05, 0.1) is 0 Å². The van der Waals surface area contributed by atoms with E-state index in [0.29, 0.717) is 6.42 Å². The van der Waals surface area contributed by atoms with Crippen LogP contribution in [0.1, 0.15) is 28.5 Å². The summed E-state index contributed by atoms with van der Waals surface area (Å²) in [5, 5.41) is 10.6. The highest BCUT2D eigenvalue weighted by atomic mass is 16.6. The van der Waals surface area contributed by atoms with E-state index in [-0.39, 0.29) is 0 Å². The topological polar surface area (TPSA) is 29.5 Å². The Hall–Kier alpha value is -2.68. The molecule has 4 rings (SSSR count). The molecule has 2 unspecified atom stereocenters. The maximum Gasteiger partial charge on any atom is 0.183 e. The summed E-state index contributed by atoms with van der Waals surface area (Å²) in [5.74, 6) is 0. The van der Waals surface area contributed by atoms with Crippen LogP contribution in [0.5, 0.6) is 0 Å². The predicted molar refractivity (Wildman–Crippen MR) is 99.8 cm³/mol. The minimum atomic E-state index is -0.939. The molecule has 0 amide bonds. The molecule has 0 saturated carbocycles. The molecule has 2 atom stereocenters. The van der Waals surface area contributed by atoms with Crippen LogP contribution >= 0.6 is 0 Å². The van der Waals surface area contributed by atoms with E-state index < -0.39 is 11.9 Å². The van der Waals surface area contributed by atoms with E-state index in [4.69, 9.17) is 4.74 Å². The molecular weight excluding hydrogens is 308 g/mol. The number of hydrogen-bond acceptors (Lipinski definition) is 2. The lowest BCUT2D eigenvalue weighted by molar-refractivity contribution is -0.185. The van der Waals surface area contributed by atoms with Crippen LogP contribution in [-0.4, -0.2) is 5.11 Å². The summed E-state index contributed by atoms with van der Waals surface area (Å²) in [6, 6.07) is 28.2. The number of rotatable bonds is 3. The third-order valence-corrected chi connectivity index (χ3v) is 4.70. The second kappa shape index (κ2) is 6.67. The first kappa shape index (κ1) is 15.8. The average molecular weight is 328 g/mol. The zero-order chi connectivity index (χ0) is 17.1. The van der Waals surface area contributed by atoms with Crippen molar-refractivity contribution in [3.63, 3.8) is 0 Å². The standard InChI is InChI=1S/C23H20O2/c24-22-21-14-8-7-11-19(21)17-23(25-22,20-12-5-2-6-13-20)16-15-18-9-3-1-4-10-18/h1-16,22,24H,17H2/b16-15+. The maximum absolute atomic E-state index is 10.6. The molecule has 0 spiro atoms. The average Bonchev–Trinajstić information content (AvgIpc) is 2.68. The van der Waals surface area contributed by atoms with Gasteiger partial charge in [-0.3, -0.25) is 0 Å². The fourth-order valence-electron chi connectivity index (χ4n) is 3.40. The van der Waals surface area contributed by atoms with Crippen LogP contribution in [-0.2, 0) is 16.8 Å². The lowest BCUT2D eigenvalue weighted by Gasteiger charge is -2.39. The van der Waals surface area contributed by atoms with Crippen molar-refractivity contribution < 1.29 is 9.84 Å². The summed E-state index contributed by atoms with van der Waals surface area (Å²) >= 11 is 0. The van der Waals surface area contributed by atoms with E-state index in [1.807, 2.05) is 54.6 Å². The van der Waals surface area contributed by atoms with E-state index in [0.717, 1.165) is 22.3 Å². The SMILES string of the molecule is OC1OC(/C=C/c2ccccc2)(c2ccccc2)Cc2ccccc21. The molecule has 0 aliphatic carbocycles. The van der Waals surface area contributed by atoms with Crippen molar-refractivity contribution in [2.24, 2.45) is 0 Å². The van der Waals surface area contributed by atoms with Crippen molar-refractivity contribution in [3.8, 4) is 0 Å². The van der Waals surface area contributed by atoms with Gasteiger partial charge < -0.3 is 9.84 Å². The van der Waals surface area contributed by atoms with Gasteiger partial charge in [0.15, 0.2) is 6.29 Å². The Labute approximate surface area is 148 Å². The molecule has 0 bridgehead atoms. The molecule has 25 heavy (non-hydrogen) atoms. The van der Waals surface area contributed by atoms with Crippen LogP contribution in [0.3, 0.4) is 0 Å². The van der Waals surface area contributed by atoms with Crippen molar-refractivity contribution in [1.29, 1.82) is 0 Å². The quantitative estimate of drug-likeness (QED) is 0.744. The monoisotopic (exact) mass is 328 g/mol. The Kier molecular flexibility index (Phi) is 4.22. The molecule has 0 aromatic heterocycles. The van der Waals surface area contributed by atoms with Gasteiger partial charge in [0.25, 0.3) is 0 Å². The maximum atomic E-state index is 10.6. The van der Waals surface area contributed by atoms with Crippen molar-refractivity contribution in [1.82, 2.24) is 0 Å². The Balaban J connectivity index is 1.80. The van der Waals surface area contributed by atoms with E-state index in [1.54, 1.807) is 0 Å². The molecule has 0 saturated heterocycles. The summed E-state index contributed by atoms with van der Waals surface area (Å²) in [7, 11) is 0. The zero-order valence-electron chi connectivity index (χ0n) is 13.9. The van der Waals surface area contributed by atoms with Crippen molar-refractivity contribution in [2.75, 3.05) is 0 Å². The van der Waals surface area contributed by atoms with Gasteiger partial charge in [-0.2, -0.15) is 0 Å². The van der Waals surface area contributed by atoms with Gasteiger partial charge in [-0.05, 0) is 22.8 Å². The van der Waals surface area contributed by atoms with Gasteiger partial charge in [0.1, 0.15) is 5.60 Å². The van der Waals surface area contributed by atoms with Crippen LogP contribution in [0.2, 0.25) is 0 Å². The molecule has 3 aromatic carbocycles. The highest BCUT2D eigenvalue weighted by Crippen LogP contribution is 2.42. The molecule has 1 N–H and O–H groups in total. The smallest absolute Gasteiger partial charge is 0.183 e. The van der Waals surface area contributed by atoms with Crippen LogP contribution < -0.4 is 0 Å². The molecule has 1 heterocycles. The highest BCUT2D eigenvalue weighted by molar-refractivity contribution is 5.52. The number of benzene rings is 3. The van der Waals surface area contributed by atoms with Crippen LogP contribution in [0.25, 0.3) is 6.08 Å². The fraction of sp³-hybridized carbons (Fsp3) is 0.130. The molecule has 2 heteroatoms. The van der Waals surface area contributed by atoms with Gasteiger partial charge in [-0.1, -0.05) is 91.0 Å². The van der Waals surface area contributed by atoms with Crippen molar-refractivity contribution >= 4 is 6.08 Å². The molecule has 0 radical (unpaired) electrons. The lowest BCUT2D eigenvalue weighted by atomic mass is 9.82. The summed E-state index contributed by atoms with van der Waals surface area (Å²) < 4.78 is 6.18. The zero-order valence-corrected chi connectivity index (χ0v) is 13.9. The Morgan fingerprint density at radius 3 is 2.24 bits per heavy atom. The minimum absolute atomic E-state index is 0.688. The number of fused-ring (bicyclic) bond motifs is 1. The molecule has 124 valence electrons.